The number of methoxy groups -OCH3 is 1. The molecule has 1 aliphatic rings. The van der Waals surface area contributed by atoms with Gasteiger partial charge in [0.25, 0.3) is 0 Å². The second kappa shape index (κ2) is 9.26. The van der Waals surface area contributed by atoms with E-state index >= 15 is 0 Å². The average Bonchev–Trinajstić information content (AvgIpc) is 3.36. The molecule has 7 nitrogen and oxygen atoms in total. The predicted octanol–water partition coefficient (Wildman–Crippen LogP) is 3.85. The van der Waals surface area contributed by atoms with Crippen molar-refractivity contribution in [3.8, 4) is 22.8 Å². The van der Waals surface area contributed by atoms with Gasteiger partial charge < -0.3 is 4.74 Å². The van der Waals surface area contributed by atoms with Crippen molar-refractivity contribution in [2.75, 3.05) is 20.2 Å². The van der Waals surface area contributed by atoms with Crippen molar-refractivity contribution in [1.82, 2.24) is 24.5 Å². The second-order valence-corrected chi connectivity index (χ2v) is 7.97. The van der Waals surface area contributed by atoms with Crippen LogP contribution in [0.5, 0.6) is 5.75 Å². The number of ether oxygens (including phenoxy) is 1. The highest BCUT2D eigenvalue weighted by Crippen LogP contribution is 2.21. The van der Waals surface area contributed by atoms with E-state index in [0.717, 1.165) is 43.2 Å². The van der Waals surface area contributed by atoms with Crippen LogP contribution in [0, 0.1) is 0 Å². The zero-order valence-electron chi connectivity index (χ0n) is 18.5. The molecule has 2 aromatic heterocycles. The molecule has 4 aromatic rings. The Bertz CT molecular complexity index is 1320. The van der Waals surface area contributed by atoms with E-state index in [1.165, 1.54) is 5.56 Å². The molecule has 0 saturated heterocycles. The number of aromatic nitrogens is 4. The van der Waals surface area contributed by atoms with E-state index in [0.29, 0.717) is 11.4 Å². The lowest BCUT2D eigenvalue weighted by molar-refractivity contribution is 0.290. The summed E-state index contributed by atoms with van der Waals surface area (Å²) in [6.45, 7) is 2.63. The standard InChI is InChI=1S/C26H25N5O2/c1-33-23-9-7-20(8-10-23)19-29-16-12-21(13-17-29)30-18-14-25(32)26(28-30)24-11-15-27-31(24)22-5-3-2-4-6-22/h2-12,14-15,18H,13,16-17,19H2,1H3. The predicted molar refractivity (Wildman–Crippen MR) is 128 cm³/mol. The molecule has 2 aromatic carbocycles. The molecule has 0 unspecified atom stereocenters. The zero-order valence-corrected chi connectivity index (χ0v) is 18.5. The Kier molecular flexibility index (Phi) is 5.87. The van der Waals surface area contributed by atoms with Crippen LogP contribution in [0.4, 0.5) is 0 Å². The van der Waals surface area contributed by atoms with E-state index in [9.17, 15) is 4.79 Å². The molecule has 33 heavy (non-hydrogen) atoms. The SMILES string of the molecule is COc1ccc(CN2CC=C(n3ccc(=O)c(-c4ccnn4-c4ccccc4)n3)CC2)cc1. The van der Waals surface area contributed by atoms with Crippen LogP contribution in [0.3, 0.4) is 0 Å². The maximum absolute atomic E-state index is 12.7. The Morgan fingerprint density at radius 1 is 1.00 bits per heavy atom. The number of nitrogens with zero attached hydrogens (tertiary/aromatic N) is 5. The number of benzene rings is 2. The fourth-order valence-electron chi connectivity index (χ4n) is 4.04. The Hall–Kier alpha value is -3.97. The fraction of sp³-hybridized carbons (Fsp3) is 0.192. The Balaban J connectivity index is 1.36. The van der Waals surface area contributed by atoms with Crippen LogP contribution in [0.15, 0.2) is 90.0 Å². The summed E-state index contributed by atoms with van der Waals surface area (Å²) in [5.41, 5.74) is 4.18. The monoisotopic (exact) mass is 439 g/mol. The van der Waals surface area contributed by atoms with Crippen molar-refractivity contribution in [3.05, 3.63) is 101 Å². The van der Waals surface area contributed by atoms with Gasteiger partial charge in [-0.15, -0.1) is 0 Å². The summed E-state index contributed by atoms with van der Waals surface area (Å²) < 4.78 is 8.81. The Morgan fingerprint density at radius 2 is 1.82 bits per heavy atom. The summed E-state index contributed by atoms with van der Waals surface area (Å²) in [4.78, 5) is 15.1. The van der Waals surface area contributed by atoms with E-state index in [4.69, 9.17) is 9.84 Å². The minimum absolute atomic E-state index is 0.124. The first-order chi connectivity index (χ1) is 16.2. The molecule has 0 aliphatic carbocycles. The first kappa shape index (κ1) is 20.9. The van der Waals surface area contributed by atoms with Crippen molar-refractivity contribution in [3.63, 3.8) is 0 Å². The minimum Gasteiger partial charge on any atom is -0.497 e. The molecule has 0 amide bonds. The number of rotatable bonds is 6. The van der Waals surface area contributed by atoms with Crippen molar-refractivity contribution >= 4 is 5.70 Å². The maximum Gasteiger partial charge on any atom is 0.209 e. The number of hydrogen-bond donors (Lipinski definition) is 0. The van der Waals surface area contributed by atoms with Gasteiger partial charge in [-0.3, -0.25) is 9.69 Å². The van der Waals surface area contributed by atoms with Crippen molar-refractivity contribution in [2.45, 2.75) is 13.0 Å². The molecule has 166 valence electrons. The molecule has 7 heteroatoms. The highest BCUT2D eigenvalue weighted by atomic mass is 16.5. The van der Waals surface area contributed by atoms with Crippen molar-refractivity contribution in [2.24, 2.45) is 0 Å². The lowest BCUT2D eigenvalue weighted by Gasteiger charge is -2.26. The summed E-state index contributed by atoms with van der Waals surface area (Å²) in [7, 11) is 1.68. The lowest BCUT2D eigenvalue weighted by atomic mass is 10.1. The zero-order chi connectivity index (χ0) is 22.6. The van der Waals surface area contributed by atoms with Gasteiger partial charge in [-0.1, -0.05) is 30.3 Å². The minimum atomic E-state index is -0.124. The molecule has 0 fully saturated rings. The van der Waals surface area contributed by atoms with E-state index in [1.54, 1.807) is 30.3 Å². The summed E-state index contributed by atoms with van der Waals surface area (Å²) >= 11 is 0. The number of para-hydroxylation sites is 1. The first-order valence-electron chi connectivity index (χ1n) is 11.0. The van der Waals surface area contributed by atoms with E-state index in [-0.39, 0.29) is 5.43 Å². The van der Waals surface area contributed by atoms with Gasteiger partial charge in [-0.05, 0) is 42.0 Å². The van der Waals surface area contributed by atoms with Gasteiger partial charge in [0, 0.05) is 44.0 Å². The summed E-state index contributed by atoms with van der Waals surface area (Å²) in [5.74, 6) is 0.869. The normalized spacial score (nSPS) is 14.2. The third kappa shape index (κ3) is 4.49. The number of hydrogen-bond acceptors (Lipinski definition) is 5. The van der Waals surface area contributed by atoms with Crippen LogP contribution in [0.1, 0.15) is 12.0 Å². The van der Waals surface area contributed by atoms with Gasteiger partial charge in [0.05, 0.1) is 24.7 Å². The van der Waals surface area contributed by atoms with Crippen LogP contribution in [0.2, 0.25) is 0 Å². The van der Waals surface area contributed by atoms with Gasteiger partial charge in [0.1, 0.15) is 5.75 Å². The molecular formula is C26H25N5O2. The highest BCUT2D eigenvalue weighted by molar-refractivity contribution is 5.58. The third-order valence-electron chi connectivity index (χ3n) is 5.82. The molecule has 0 saturated carbocycles. The Morgan fingerprint density at radius 3 is 2.55 bits per heavy atom. The van der Waals surface area contributed by atoms with Crippen molar-refractivity contribution in [1.29, 1.82) is 0 Å². The highest BCUT2D eigenvalue weighted by Gasteiger charge is 2.17. The third-order valence-corrected chi connectivity index (χ3v) is 5.82. The quantitative estimate of drug-likeness (QED) is 0.457. The van der Waals surface area contributed by atoms with E-state index in [2.05, 4.69) is 28.2 Å². The molecule has 5 rings (SSSR count). The van der Waals surface area contributed by atoms with Gasteiger partial charge in [0.2, 0.25) is 5.43 Å². The molecule has 0 atom stereocenters. The molecular weight excluding hydrogens is 414 g/mol. The van der Waals surface area contributed by atoms with Crippen molar-refractivity contribution < 1.29 is 4.74 Å². The van der Waals surface area contributed by atoms with Crippen LogP contribution in [-0.2, 0) is 6.54 Å². The van der Waals surface area contributed by atoms with Gasteiger partial charge >= 0.3 is 0 Å². The van der Waals surface area contributed by atoms with Gasteiger partial charge in [-0.25, -0.2) is 9.36 Å². The summed E-state index contributed by atoms with van der Waals surface area (Å²) in [5, 5.41) is 9.10. The Labute approximate surface area is 192 Å². The average molecular weight is 440 g/mol. The molecule has 0 N–H and O–H groups in total. The van der Waals surface area contributed by atoms with Gasteiger partial charge in [-0.2, -0.15) is 10.2 Å². The van der Waals surface area contributed by atoms with Crippen LogP contribution in [-0.4, -0.2) is 44.7 Å². The summed E-state index contributed by atoms with van der Waals surface area (Å²) in [6, 6.07) is 21.4. The molecule has 0 radical (unpaired) electrons. The van der Waals surface area contributed by atoms with Crippen LogP contribution < -0.4 is 10.2 Å². The first-order valence-corrected chi connectivity index (χ1v) is 11.0. The molecule has 1 aliphatic heterocycles. The maximum atomic E-state index is 12.7. The fourth-order valence-corrected chi connectivity index (χ4v) is 4.04. The smallest absolute Gasteiger partial charge is 0.209 e. The molecule has 3 heterocycles. The van der Waals surface area contributed by atoms with E-state index < -0.39 is 0 Å². The van der Waals surface area contributed by atoms with Crippen LogP contribution in [0.25, 0.3) is 22.8 Å². The van der Waals surface area contributed by atoms with Crippen LogP contribution >= 0.6 is 0 Å². The van der Waals surface area contributed by atoms with E-state index in [1.807, 2.05) is 53.2 Å². The lowest BCUT2D eigenvalue weighted by Crippen LogP contribution is -2.29. The second-order valence-electron chi connectivity index (χ2n) is 7.97. The summed E-state index contributed by atoms with van der Waals surface area (Å²) in [6.07, 6.45) is 6.48. The largest absolute Gasteiger partial charge is 0.497 e. The topological polar surface area (TPSA) is 65.2 Å². The molecule has 0 spiro atoms. The molecule has 0 bridgehead atoms. The van der Waals surface area contributed by atoms with Gasteiger partial charge in [0.15, 0.2) is 5.69 Å².